The number of fused-ring (bicyclic) bond motifs is 1. The number of pyridine rings is 3. The van der Waals surface area contributed by atoms with Gasteiger partial charge >= 0.3 is 0 Å². The maximum atomic E-state index is 13.9. The summed E-state index contributed by atoms with van der Waals surface area (Å²) in [7, 11) is 0.127. The zero-order valence-electron chi connectivity index (χ0n) is 25.8. The van der Waals surface area contributed by atoms with E-state index in [1.807, 2.05) is 29.8 Å². The van der Waals surface area contributed by atoms with E-state index < -0.39 is 22.1 Å². The fraction of sp³-hybridized carbons (Fsp3) is 0.500. The molecule has 0 N–H and O–H groups in total. The third-order valence-electron chi connectivity index (χ3n) is 9.51. The Kier molecular flexibility index (Phi) is 8.08. The van der Waals surface area contributed by atoms with Gasteiger partial charge in [0.15, 0.2) is 5.82 Å². The number of sulfone groups is 1. The van der Waals surface area contributed by atoms with Crippen LogP contribution in [0.1, 0.15) is 49.9 Å². The molecule has 0 bridgehead atoms. The first-order chi connectivity index (χ1) is 21.0. The number of methoxy groups -OCH3 is 2. The zero-order valence-corrected chi connectivity index (χ0v) is 26.6. The summed E-state index contributed by atoms with van der Waals surface area (Å²) in [5.74, 6) is 1.69. The summed E-state index contributed by atoms with van der Waals surface area (Å²) in [4.78, 5) is 16.5. The van der Waals surface area contributed by atoms with Crippen molar-refractivity contribution in [3.05, 3.63) is 54.2 Å². The summed E-state index contributed by atoms with van der Waals surface area (Å²) in [5, 5.41) is 5.67. The molecule has 12 heteroatoms. The Bertz CT molecular complexity index is 1780. The van der Waals surface area contributed by atoms with E-state index >= 15 is 0 Å². The average Bonchev–Trinajstić information content (AvgIpc) is 3.47. The number of halogens is 1. The van der Waals surface area contributed by atoms with Crippen molar-refractivity contribution in [2.75, 3.05) is 44.3 Å². The lowest BCUT2D eigenvalue weighted by atomic mass is 9.77. The number of ether oxygens (including phenoxy) is 2. The first-order valence-corrected chi connectivity index (χ1v) is 17.0. The summed E-state index contributed by atoms with van der Waals surface area (Å²) in [6, 6.07) is 7.97. The Balaban J connectivity index is 1.43. The predicted octanol–water partition coefficient (Wildman–Crippen LogP) is 5.08. The molecule has 0 unspecified atom stereocenters. The average molecular weight is 623 g/mol. The minimum absolute atomic E-state index is 0.0531. The van der Waals surface area contributed by atoms with Crippen molar-refractivity contribution in [1.29, 1.82) is 0 Å². The van der Waals surface area contributed by atoms with Crippen LogP contribution in [0.25, 0.3) is 28.0 Å². The second-order valence-electron chi connectivity index (χ2n) is 12.3. The molecule has 2 fully saturated rings. The lowest BCUT2D eigenvalue weighted by Gasteiger charge is -2.48. The Morgan fingerprint density at radius 1 is 1.11 bits per heavy atom. The van der Waals surface area contributed by atoms with E-state index in [1.54, 1.807) is 32.8 Å². The van der Waals surface area contributed by atoms with Gasteiger partial charge in [-0.15, -0.1) is 0 Å². The van der Waals surface area contributed by atoms with E-state index in [9.17, 15) is 12.8 Å². The van der Waals surface area contributed by atoms with Gasteiger partial charge in [0, 0.05) is 78.7 Å². The van der Waals surface area contributed by atoms with Crippen molar-refractivity contribution in [2.45, 2.75) is 57.1 Å². The van der Waals surface area contributed by atoms with Crippen LogP contribution in [-0.2, 0) is 14.6 Å². The third-order valence-corrected chi connectivity index (χ3v) is 10.5. The number of nitrogens with zero attached hydrogens (tertiary/aromatic N) is 6. The largest absolute Gasteiger partial charge is 0.496 e. The molecule has 1 aliphatic heterocycles. The molecule has 234 valence electrons. The van der Waals surface area contributed by atoms with E-state index in [-0.39, 0.29) is 23.6 Å². The minimum Gasteiger partial charge on any atom is -0.496 e. The molecule has 1 aliphatic carbocycles. The van der Waals surface area contributed by atoms with E-state index in [2.05, 4.69) is 22.9 Å². The van der Waals surface area contributed by atoms with Gasteiger partial charge in [0.2, 0.25) is 0 Å². The Hall–Kier alpha value is -3.64. The number of hydrogen-bond donors (Lipinski definition) is 0. The number of aryl methyl sites for hydroxylation is 1. The summed E-state index contributed by atoms with van der Waals surface area (Å²) in [6.45, 7) is 4.16. The van der Waals surface area contributed by atoms with Crippen LogP contribution < -0.4 is 9.64 Å². The fourth-order valence-corrected chi connectivity index (χ4v) is 7.86. The Morgan fingerprint density at radius 2 is 1.89 bits per heavy atom. The van der Waals surface area contributed by atoms with Gasteiger partial charge in [-0.05, 0) is 57.7 Å². The minimum atomic E-state index is -3.08. The van der Waals surface area contributed by atoms with Crippen LogP contribution in [0, 0.1) is 12.8 Å². The van der Waals surface area contributed by atoms with Crippen molar-refractivity contribution in [3.8, 4) is 22.8 Å². The van der Waals surface area contributed by atoms with E-state index in [1.165, 1.54) is 6.26 Å². The number of hydrogen-bond acceptors (Lipinski definition) is 9. The van der Waals surface area contributed by atoms with Crippen LogP contribution in [0.3, 0.4) is 0 Å². The monoisotopic (exact) mass is 622 g/mol. The van der Waals surface area contributed by atoms with E-state index in [0.717, 1.165) is 46.4 Å². The highest BCUT2D eigenvalue weighted by atomic mass is 32.2. The highest BCUT2D eigenvalue weighted by Gasteiger charge is 2.39. The Morgan fingerprint density at radius 3 is 2.55 bits per heavy atom. The van der Waals surface area contributed by atoms with Crippen LogP contribution in [0.4, 0.5) is 10.1 Å². The van der Waals surface area contributed by atoms with Crippen LogP contribution in [0.2, 0.25) is 0 Å². The molecular weight excluding hydrogens is 583 g/mol. The lowest BCUT2D eigenvalue weighted by molar-refractivity contribution is -0.0589. The molecule has 4 aromatic heterocycles. The molecule has 1 saturated carbocycles. The zero-order chi connectivity index (χ0) is 31.2. The Labute approximate surface area is 257 Å². The van der Waals surface area contributed by atoms with Gasteiger partial charge in [0.05, 0.1) is 41.4 Å². The highest BCUT2D eigenvalue weighted by Crippen LogP contribution is 2.42. The molecule has 0 spiro atoms. The van der Waals surface area contributed by atoms with Crippen molar-refractivity contribution < 1.29 is 22.3 Å². The number of anilines is 1. The molecule has 2 aliphatic rings. The van der Waals surface area contributed by atoms with Crippen LogP contribution in [-0.4, -0.2) is 84.2 Å². The third kappa shape index (κ3) is 5.65. The number of rotatable bonds is 9. The predicted molar refractivity (Wildman–Crippen MR) is 168 cm³/mol. The van der Waals surface area contributed by atoms with Crippen molar-refractivity contribution >= 4 is 26.4 Å². The molecule has 4 aromatic rings. The molecule has 0 aromatic carbocycles. The summed E-state index contributed by atoms with van der Waals surface area (Å²) < 4.78 is 51.0. The van der Waals surface area contributed by atoms with Crippen molar-refractivity contribution in [3.63, 3.8) is 0 Å². The summed E-state index contributed by atoms with van der Waals surface area (Å²) >= 11 is 0. The molecular formula is C32H39FN6O4S. The molecule has 2 atom stereocenters. The highest BCUT2D eigenvalue weighted by molar-refractivity contribution is 7.90. The first-order valence-electron chi connectivity index (χ1n) is 15.0. The van der Waals surface area contributed by atoms with Gasteiger partial charge in [-0.2, -0.15) is 5.10 Å². The topological polar surface area (TPSA) is 112 Å². The van der Waals surface area contributed by atoms with E-state index in [4.69, 9.17) is 24.5 Å². The normalized spacial score (nSPS) is 24.0. The van der Waals surface area contributed by atoms with Crippen LogP contribution in [0.15, 0.2) is 42.9 Å². The molecule has 44 heavy (non-hydrogen) atoms. The molecule has 0 radical (unpaired) electrons. The quantitative estimate of drug-likeness (QED) is 0.252. The second kappa shape index (κ2) is 11.7. The second-order valence-corrected chi connectivity index (χ2v) is 14.5. The maximum absolute atomic E-state index is 13.9. The maximum Gasteiger partial charge on any atom is 0.156 e. The molecule has 1 saturated heterocycles. The molecule has 6 rings (SSSR count). The SMILES string of the molecule is COc1ccncc1-c1cc2c(cnn2-c2cc(N3C[C@H](CS(C)(=O)=O)[C@H]3C)cc(C3CCC(CF)(OC)CC3)n2)c(C)n1. The molecule has 5 heterocycles. The van der Waals surface area contributed by atoms with E-state index in [0.29, 0.717) is 36.6 Å². The molecule has 0 amide bonds. The fourth-order valence-electron chi connectivity index (χ4n) is 6.70. The molecule has 10 nitrogen and oxygen atoms in total. The van der Waals surface area contributed by atoms with Crippen LogP contribution >= 0.6 is 0 Å². The lowest BCUT2D eigenvalue weighted by Crippen LogP contribution is -2.57. The van der Waals surface area contributed by atoms with Crippen LogP contribution in [0.5, 0.6) is 5.75 Å². The van der Waals surface area contributed by atoms with Crippen molar-refractivity contribution in [2.24, 2.45) is 5.92 Å². The number of aromatic nitrogens is 5. The summed E-state index contributed by atoms with van der Waals surface area (Å²) in [6.07, 6.45) is 9.27. The van der Waals surface area contributed by atoms with Gasteiger partial charge in [0.25, 0.3) is 0 Å². The summed E-state index contributed by atoms with van der Waals surface area (Å²) in [5.41, 5.74) is 4.32. The van der Waals surface area contributed by atoms with Gasteiger partial charge < -0.3 is 14.4 Å². The standard InChI is InChI=1S/C32H39FN6O4S/c1-20-25-16-35-39(29(25)14-28(36-20)26-15-34-11-8-30(26)42-3)31-13-24(38-17-23(21(38)2)18-44(5,40)41)12-27(37-31)22-6-9-32(19-33,43-4)10-7-22/h8,11-16,21-23H,6-7,9-10,17-19H2,1-5H3/t21-,22?,23-,32?/m1/s1. The van der Waals surface area contributed by atoms with Gasteiger partial charge in [-0.25, -0.2) is 22.5 Å². The van der Waals surface area contributed by atoms with Gasteiger partial charge in [-0.1, -0.05) is 0 Å². The number of alkyl halides is 1. The van der Waals surface area contributed by atoms with Gasteiger partial charge in [0.1, 0.15) is 22.3 Å². The van der Waals surface area contributed by atoms with Crippen molar-refractivity contribution in [1.82, 2.24) is 24.7 Å². The van der Waals surface area contributed by atoms with Gasteiger partial charge in [-0.3, -0.25) is 9.97 Å². The first kappa shape index (κ1) is 30.4. The smallest absolute Gasteiger partial charge is 0.156 e.